The number of sulfonamides is 1. The van der Waals surface area contributed by atoms with Crippen LogP contribution < -0.4 is 0 Å². The fourth-order valence-corrected chi connectivity index (χ4v) is 7.34. The van der Waals surface area contributed by atoms with E-state index in [9.17, 15) is 13.2 Å². The van der Waals surface area contributed by atoms with E-state index in [-0.39, 0.29) is 30.6 Å². The molecule has 0 spiro atoms. The topological polar surface area (TPSA) is 76.2 Å². The van der Waals surface area contributed by atoms with Crippen molar-refractivity contribution in [2.45, 2.75) is 43.1 Å². The summed E-state index contributed by atoms with van der Waals surface area (Å²) < 4.78 is 39.0. The van der Waals surface area contributed by atoms with E-state index in [4.69, 9.17) is 9.47 Å². The van der Waals surface area contributed by atoms with Crippen molar-refractivity contribution in [3.05, 3.63) is 17.0 Å². The lowest BCUT2D eigenvalue weighted by Gasteiger charge is -2.38. The molecule has 3 aliphatic rings. The molecule has 3 aliphatic heterocycles. The van der Waals surface area contributed by atoms with Gasteiger partial charge in [0.15, 0.2) is 6.29 Å². The van der Waals surface area contributed by atoms with E-state index in [1.165, 1.54) is 15.6 Å². The quantitative estimate of drug-likeness (QED) is 0.734. The molecule has 3 fully saturated rings. The van der Waals surface area contributed by atoms with Crippen molar-refractivity contribution in [2.24, 2.45) is 11.8 Å². The smallest absolute Gasteiger partial charge is 0.252 e. The molecule has 156 valence electrons. The Kier molecular flexibility index (Phi) is 6.08. The van der Waals surface area contributed by atoms with Crippen LogP contribution in [0.2, 0.25) is 0 Å². The van der Waals surface area contributed by atoms with Crippen LogP contribution in [0.5, 0.6) is 0 Å². The number of likely N-dealkylation sites (tertiary alicyclic amines) is 1. The molecule has 28 heavy (non-hydrogen) atoms. The van der Waals surface area contributed by atoms with Crippen LogP contribution in [0, 0.1) is 18.8 Å². The number of nitrogens with zero attached hydrogens (tertiary/aromatic N) is 2. The van der Waals surface area contributed by atoms with Crippen molar-refractivity contribution in [2.75, 3.05) is 39.4 Å². The summed E-state index contributed by atoms with van der Waals surface area (Å²) in [6.45, 7) is 5.26. The maximum atomic E-state index is 13.2. The first-order valence-electron chi connectivity index (χ1n) is 10.0. The molecule has 1 amide bonds. The molecule has 0 bridgehead atoms. The van der Waals surface area contributed by atoms with Gasteiger partial charge in [-0.05, 0) is 44.7 Å². The van der Waals surface area contributed by atoms with Crippen LogP contribution in [-0.2, 0) is 24.3 Å². The van der Waals surface area contributed by atoms with E-state index >= 15 is 0 Å². The summed E-state index contributed by atoms with van der Waals surface area (Å²) in [5, 5.41) is 0. The Morgan fingerprint density at radius 1 is 1.11 bits per heavy atom. The van der Waals surface area contributed by atoms with E-state index in [1.54, 1.807) is 6.07 Å². The maximum Gasteiger partial charge on any atom is 0.252 e. The minimum absolute atomic E-state index is 0.0740. The number of rotatable bonds is 4. The van der Waals surface area contributed by atoms with Gasteiger partial charge in [-0.3, -0.25) is 4.79 Å². The third-order valence-corrected chi connectivity index (χ3v) is 9.18. The number of carbonyl (C=O) groups excluding carboxylic acids is 1. The summed E-state index contributed by atoms with van der Waals surface area (Å²) >= 11 is 1.29. The Morgan fingerprint density at radius 3 is 2.57 bits per heavy atom. The average Bonchev–Trinajstić information content (AvgIpc) is 3.40. The molecular weight excluding hydrogens is 400 g/mol. The molecule has 2 unspecified atom stereocenters. The lowest BCUT2D eigenvalue weighted by molar-refractivity contribution is -0.144. The molecule has 7 nitrogen and oxygen atoms in total. The van der Waals surface area contributed by atoms with Gasteiger partial charge in [0.25, 0.3) is 10.0 Å². The highest BCUT2D eigenvalue weighted by Gasteiger charge is 2.38. The molecule has 0 N–H and O–H groups in total. The number of hydrogen-bond donors (Lipinski definition) is 0. The van der Waals surface area contributed by atoms with Crippen molar-refractivity contribution in [3.8, 4) is 0 Å². The molecule has 0 radical (unpaired) electrons. The third kappa shape index (κ3) is 4.14. The first-order chi connectivity index (χ1) is 13.4. The Hall–Kier alpha value is -1.00. The minimum atomic E-state index is -3.52. The molecule has 4 rings (SSSR count). The van der Waals surface area contributed by atoms with Crippen LogP contribution in [-0.4, -0.2) is 69.2 Å². The van der Waals surface area contributed by atoms with Gasteiger partial charge in [-0.2, -0.15) is 4.31 Å². The standard InChI is InChI=1S/C19H28N2O5S2/c1-14-6-7-17(27-14)28(23,24)21-9-3-4-15(13-21)18(22)20-8-2-5-16(12-20)19-25-10-11-26-19/h6-7,15-16,19H,2-5,8-13H2,1H3. The molecule has 3 saturated heterocycles. The van der Waals surface area contributed by atoms with Gasteiger partial charge in [-0.25, -0.2) is 8.42 Å². The first-order valence-corrected chi connectivity index (χ1v) is 12.3. The van der Waals surface area contributed by atoms with E-state index in [0.717, 1.165) is 30.7 Å². The first kappa shape index (κ1) is 20.3. The summed E-state index contributed by atoms with van der Waals surface area (Å²) in [4.78, 5) is 16.0. The number of piperidine rings is 2. The number of carbonyl (C=O) groups is 1. The highest BCUT2D eigenvalue weighted by molar-refractivity contribution is 7.91. The van der Waals surface area contributed by atoms with Gasteiger partial charge in [0.05, 0.1) is 19.1 Å². The highest BCUT2D eigenvalue weighted by atomic mass is 32.2. The number of ether oxygens (including phenoxy) is 2. The van der Waals surface area contributed by atoms with E-state index in [1.807, 2.05) is 17.9 Å². The highest BCUT2D eigenvalue weighted by Crippen LogP contribution is 2.31. The normalized spacial score (nSPS) is 28.0. The summed E-state index contributed by atoms with van der Waals surface area (Å²) in [6.07, 6.45) is 3.18. The Balaban J connectivity index is 1.41. The summed E-state index contributed by atoms with van der Waals surface area (Å²) in [7, 11) is -3.52. The van der Waals surface area contributed by atoms with Gasteiger partial charge in [-0.15, -0.1) is 11.3 Å². The van der Waals surface area contributed by atoms with Gasteiger partial charge >= 0.3 is 0 Å². The summed E-state index contributed by atoms with van der Waals surface area (Å²) in [5.41, 5.74) is 0. The van der Waals surface area contributed by atoms with Crippen LogP contribution in [0.25, 0.3) is 0 Å². The second kappa shape index (κ2) is 8.39. The Labute approximate surface area is 170 Å². The SMILES string of the molecule is Cc1ccc(S(=O)(=O)N2CCCC(C(=O)N3CCCC(C4OCCO4)C3)C2)s1. The largest absolute Gasteiger partial charge is 0.350 e. The second-order valence-corrected chi connectivity index (χ2v) is 11.3. The van der Waals surface area contributed by atoms with Gasteiger partial charge in [0, 0.05) is 37.0 Å². The number of hydrogen-bond acceptors (Lipinski definition) is 6. The molecule has 0 aliphatic carbocycles. The second-order valence-electron chi connectivity index (χ2n) is 7.86. The molecule has 1 aromatic heterocycles. The molecule has 2 atom stereocenters. The van der Waals surface area contributed by atoms with E-state index in [2.05, 4.69) is 0 Å². The van der Waals surface area contributed by atoms with Gasteiger partial charge in [0.2, 0.25) is 5.91 Å². The van der Waals surface area contributed by atoms with Crippen molar-refractivity contribution < 1.29 is 22.7 Å². The van der Waals surface area contributed by atoms with E-state index < -0.39 is 10.0 Å². The van der Waals surface area contributed by atoms with Gasteiger partial charge in [-0.1, -0.05) is 0 Å². The zero-order valence-electron chi connectivity index (χ0n) is 16.2. The van der Waals surface area contributed by atoms with Crippen LogP contribution in [0.15, 0.2) is 16.3 Å². The Bertz CT molecular complexity index is 803. The molecule has 0 aromatic carbocycles. The van der Waals surface area contributed by atoms with Crippen molar-refractivity contribution in [1.82, 2.24) is 9.21 Å². The molecule has 1 aromatic rings. The number of aryl methyl sites for hydroxylation is 1. The molecule has 4 heterocycles. The van der Waals surface area contributed by atoms with Crippen molar-refractivity contribution in [3.63, 3.8) is 0 Å². The van der Waals surface area contributed by atoms with Crippen molar-refractivity contribution in [1.29, 1.82) is 0 Å². The summed E-state index contributed by atoms with van der Waals surface area (Å²) in [5.74, 6) is 0.0106. The van der Waals surface area contributed by atoms with E-state index in [0.29, 0.717) is 36.9 Å². The van der Waals surface area contributed by atoms with Crippen LogP contribution in [0.1, 0.15) is 30.6 Å². The third-order valence-electron chi connectivity index (χ3n) is 5.85. The lowest BCUT2D eigenvalue weighted by atomic mass is 9.93. The predicted molar refractivity (Wildman–Crippen MR) is 106 cm³/mol. The average molecular weight is 429 g/mol. The zero-order chi connectivity index (χ0) is 19.7. The van der Waals surface area contributed by atoms with Crippen molar-refractivity contribution >= 4 is 27.3 Å². The number of amides is 1. The molecule has 9 heteroatoms. The van der Waals surface area contributed by atoms with Crippen LogP contribution >= 0.6 is 11.3 Å². The maximum absolute atomic E-state index is 13.2. The molecule has 0 saturated carbocycles. The van der Waals surface area contributed by atoms with Gasteiger partial charge in [0.1, 0.15) is 4.21 Å². The minimum Gasteiger partial charge on any atom is -0.350 e. The van der Waals surface area contributed by atoms with Crippen LogP contribution in [0.3, 0.4) is 0 Å². The lowest BCUT2D eigenvalue weighted by Crippen LogP contribution is -2.50. The van der Waals surface area contributed by atoms with Crippen LogP contribution in [0.4, 0.5) is 0 Å². The Morgan fingerprint density at radius 2 is 1.86 bits per heavy atom. The fourth-order valence-electron chi connectivity index (χ4n) is 4.38. The predicted octanol–water partition coefficient (Wildman–Crippen LogP) is 2.07. The molecular formula is C19H28N2O5S2. The van der Waals surface area contributed by atoms with Gasteiger partial charge < -0.3 is 14.4 Å². The fraction of sp³-hybridized carbons (Fsp3) is 0.737. The summed E-state index contributed by atoms with van der Waals surface area (Å²) in [6, 6.07) is 3.49. The zero-order valence-corrected chi connectivity index (χ0v) is 17.8. The number of thiophene rings is 1. The monoisotopic (exact) mass is 428 g/mol.